The van der Waals surface area contributed by atoms with E-state index in [0.717, 1.165) is 18.1 Å². The van der Waals surface area contributed by atoms with Crippen molar-refractivity contribution in [2.24, 2.45) is 5.41 Å². The molecular weight excluding hydrogens is 298 g/mol. The summed E-state index contributed by atoms with van der Waals surface area (Å²) in [6.07, 6.45) is 2.50. The first-order valence-electron chi connectivity index (χ1n) is 8.23. The van der Waals surface area contributed by atoms with E-state index in [0.29, 0.717) is 12.8 Å². The molecule has 3 unspecified atom stereocenters. The quantitative estimate of drug-likeness (QED) is 0.306. The van der Waals surface area contributed by atoms with Crippen LogP contribution in [0.4, 0.5) is 0 Å². The molecule has 6 heteroatoms. The maximum absolute atomic E-state index is 12.5. The van der Waals surface area contributed by atoms with Crippen molar-refractivity contribution in [1.29, 1.82) is 0 Å². The van der Waals surface area contributed by atoms with Crippen LogP contribution in [0.25, 0.3) is 0 Å². The van der Waals surface area contributed by atoms with Crippen LogP contribution in [-0.2, 0) is 18.8 Å². The summed E-state index contributed by atoms with van der Waals surface area (Å²) in [6.45, 7) is 10.3. The Morgan fingerprint density at radius 3 is 2.45 bits per heavy atom. The number of ether oxygens (including phenoxy) is 1. The van der Waals surface area contributed by atoms with E-state index < -0.39 is 13.7 Å². The Hall–Kier alpha value is -1.14. The summed E-state index contributed by atoms with van der Waals surface area (Å²) in [5, 5.41) is 2.84. The average molecular weight is 325 g/mol. The highest BCUT2D eigenvalue weighted by molar-refractivity contribution is 6.73. The molecule has 1 aliphatic carbocycles. The van der Waals surface area contributed by atoms with E-state index in [2.05, 4.69) is 32.7 Å². The van der Waals surface area contributed by atoms with Crippen LogP contribution >= 0.6 is 0 Å². The normalized spacial score (nSPS) is 30.2. The van der Waals surface area contributed by atoms with Gasteiger partial charge in [-0.05, 0) is 24.6 Å². The molecule has 2 aliphatic rings. The first-order chi connectivity index (χ1) is 10.5. The van der Waals surface area contributed by atoms with Gasteiger partial charge in [-0.3, -0.25) is 9.59 Å². The molecule has 0 aromatic rings. The number of nitrogens with one attached hydrogen (secondary N) is 1. The molecule has 22 heavy (non-hydrogen) atoms. The summed E-state index contributed by atoms with van der Waals surface area (Å²) >= 11 is 0. The van der Waals surface area contributed by atoms with Crippen molar-refractivity contribution >= 4 is 20.2 Å². The Balaban J connectivity index is 2.10. The minimum atomic E-state index is -1.78. The van der Waals surface area contributed by atoms with Crippen molar-refractivity contribution in [2.75, 3.05) is 6.61 Å². The zero-order chi connectivity index (χ0) is 16.4. The maximum atomic E-state index is 12.5. The number of carbonyl (C=O) groups is 2. The summed E-state index contributed by atoms with van der Waals surface area (Å²) < 4.78 is 11.8. The molecule has 1 amide bonds. The molecule has 1 aliphatic heterocycles. The van der Waals surface area contributed by atoms with Crippen LogP contribution in [0.5, 0.6) is 0 Å². The lowest BCUT2D eigenvalue weighted by Gasteiger charge is -2.36. The van der Waals surface area contributed by atoms with E-state index in [1.165, 1.54) is 0 Å². The van der Waals surface area contributed by atoms with Crippen molar-refractivity contribution in [3.05, 3.63) is 12.7 Å². The Kier molecular flexibility index (Phi) is 5.12. The molecule has 124 valence electrons. The Bertz CT molecular complexity index is 447. The second-order valence-electron chi connectivity index (χ2n) is 6.31. The summed E-state index contributed by atoms with van der Waals surface area (Å²) in [4.78, 5) is 23.8. The number of carbonyl (C=O) groups excluding carboxylic acids is 2. The first kappa shape index (κ1) is 17.2. The fourth-order valence-corrected chi connectivity index (χ4v) is 6.26. The van der Waals surface area contributed by atoms with E-state index in [1.54, 1.807) is 6.08 Å². The Morgan fingerprint density at radius 1 is 1.41 bits per heavy atom. The average Bonchev–Trinajstić information content (AvgIpc) is 3.21. The Labute approximate surface area is 133 Å². The zero-order valence-corrected chi connectivity index (χ0v) is 14.8. The summed E-state index contributed by atoms with van der Waals surface area (Å²) in [7, 11) is -1.78. The summed E-state index contributed by atoms with van der Waals surface area (Å²) in [5.41, 5.74) is -0.672. The molecule has 0 aromatic heterocycles. The van der Waals surface area contributed by atoms with Crippen LogP contribution in [0.3, 0.4) is 0 Å². The topological polar surface area (TPSA) is 64.6 Å². The molecule has 2 rings (SSSR count). The molecule has 0 bridgehead atoms. The van der Waals surface area contributed by atoms with Crippen LogP contribution in [0.2, 0.25) is 18.1 Å². The van der Waals surface area contributed by atoms with E-state index in [9.17, 15) is 9.59 Å². The third-order valence-electron chi connectivity index (χ3n) is 5.32. The van der Waals surface area contributed by atoms with Gasteiger partial charge in [0.05, 0.1) is 12.1 Å². The van der Waals surface area contributed by atoms with Crippen molar-refractivity contribution in [3.8, 4) is 0 Å². The standard InChI is InChI=1S/C16H27NO4Si/c1-5-9-20-15(19)16(12-10-14(18)17-12)11-13(16)21-22(6-2,7-3)8-4/h5,12-13H,1,6-11H2,2-4H3,(H,17,18). The van der Waals surface area contributed by atoms with Crippen molar-refractivity contribution < 1.29 is 18.8 Å². The molecule has 1 saturated carbocycles. The number of β-lactam (4-membered cyclic amide) rings is 1. The summed E-state index contributed by atoms with van der Waals surface area (Å²) in [6, 6.07) is 3.00. The monoisotopic (exact) mass is 325 g/mol. The third-order valence-corrected chi connectivity index (χ3v) is 9.97. The lowest BCUT2D eigenvalue weighted by Crippen LogP contribution is -2.58. The van der Waals surface area contributed by atoms with Gasteiger partial charge in [0, 0.05) is 6.42 Å². The molecule has 0 aromatic carbocycles. The van der Waals surface area contributed by atoms with Crippen LogP contribution < -0.4 is 5.32 Å². The smallest absolute Gasteiger partial charge is 0.317 e. The van der Waals surface area contributed by atoms with E-state index >= 15 is 0 Å². The molecule has 0 radical (unpaired) electrons. The van der Waals surface area contributed by atoms with Gasteiger partial charge < -0.3 is 14.5 Å². The van der Waals surface area contributed by atoms with Gasteiger partial charge in [0.25, 0.3) is 0 Å². The predicted octanol–water partition coefficient (Wildman–Crippen LogP) is 2.38. The molecule has 1 saturated heterocycles. The lowest BCUT2D eigenvalue weighted by atomic mass is 9.87. The lowest BCUT2D eigenvalue weighted by molar-refractivity contribution is -0.154. The van der Waals surface area contributed by atoms with Gasteiger partial charge in [-0.1, -0.05) is 33.4 Å². The number of esters is 1. The van der Waals surface area contributed by atoms with Gasteiger partial charge in [-0.15, -0.1) is 0 Å². The van der Waals surface area contributed by atoms with Gasteiger partial charge in [0.15, 0.2) is 8.32 Å². The van der Waals surface area contributed by atoms with Crippen LogP contribution in [0.1, 0.15) is 33.6 Å². The summed E-state index contributed by atoms with van der Waals surface area (Å²) in [5.74, 6) is -0.259. The van der Waals surface area contributed by atoms with E-state index in [-0.39, 0.29) is 30.6 Å². The van der Waals surface area contributed by atoms with Crippen molar-refractivity contribution in [2.45, 2.75) is 63.9 Å². The predicted molar refractivity (Wildman–Crippen MR) is 86.8 cm³/mol. The van der Waals surface area contributed by atoms with Gasteiger partial charge in [-0.25, -0.2) is 0 Å². The van der Waals surface area contributed by atoms with Crippen molar-refractivity contribution in [3.63, 3.8) is 0 Å². The third kappa shape index (κ3) is 2.86. The number of rotatable bonds is 9. The zero-order valence-electron chi connectivity index (χ0n) is 13.8. The molecular formula is C16H27NO4Si. The SMILES string of the molecule is C=CCOC(=O)C1(C2CC(=O)N2)CC1O[Si](CC)(CC)CC. The molecule has 5 nitrogen and oxygen atoms in total. The molecule has 2 fully saturated rings. The number of hydrogen-bond donors (Lipinski definition) is 1. The van der Waals surface area contributed by atoms with Gasteiger partial charge >= 0.3 is 5.97 Å². The molecule has 0 spiro atoms. The van der Waals surface area contributed by atoms with Gasteiger partial charge in [-0.2, -0.15) is 0 Å². The molecule has 3 atom stereocenters. The van der Waals surface area contributed by atoms with Crippen LogP contribution in [0.15, 0.2) is 12.7 Å². The maximum Gasteiger partial charge on any atom is 0.317 e. The number of amides is 1. The highest BCUT2D eigenvalue weighted by atomic mass is 28.4. The van der Waals surface area contributed by atoms with Crippen LogP contribution in [-0.4, -0.2) is 38.9 Å². The minimum absolute atomic E-state index is 0.00321. The van der Waals surface area contributed by atoms with Gasteiger partial charge in [0.2, 0.25) is 5.91 Å². The second kappa shape index (κ2) is 6.54. The molecule has 1 N–H and O–H groups in total. The van der Waals surface area contributed by atoms with E-state index in [4.69, 9.17) is 9.16 Å². The fourth-order valence-electron chi connectivity index (χ4n) is 3.36. The molecule has 1 heterocycles. The Morgan fingerprint density at radius 2 is 2.00 bits per heavy atom. The second-order valence-corrected chi connectivity index (χ2v) is 11.0. The fraction of sp³-hybridized carbons (Fsp3) is 0.750. The van der Waals surface area contributed by atoms with Crippen LogP contribution in [0, 0.1) is 5.41 Å². The minimum Gasteiger partial charge on any atom is -0.461 e. The van der Waals surface area contributed by atoms with Gasteiger partial charge in [0.1, 0.15) is 12.0 Å². The van der Waals surface area contributed by atoms with E-state index in [1.807, 2.05) is 0 Å². The first-order valence-corrected chi connectivity index (χ1v) is 10.8. The number of hydrogen-bond acceptors (Lipinski definition) is 4. The highest BCUT2D eigenvalue weighted by Crippen LogP contribution is 2.56. The highest BCUT2D eigenvalue weighted by Gasteiger charge is 2.70. The largest absolute Gasteiger partial charge is 0.461 e. The van der Waals surface area contributed by atoms with Crippen molar-refractivity contribution in [1.82, 2.24) is 5.32 Å².